The minimum absolute atomic E-state index is 0.220. The van der Waals surface area contributed by atoms with Crippen molar-refractivity contribution in [1.29, 1.82) is 0 Å². The van der Waals surface area contributed by atoms with Crippen LogP contribution >= 0.6 is 0 Å². The number of piperidine rings is 1. The Morgan fingerprint density at radius 1 is 0.957 bits per heavy atom. The Labute approximate surface area is 134 Å². The molecule has 1 saturated heterocycles. The highest BCUT2D eigenvalue weighted by Gasteiger charge is 2.18. The lowest BCUT2D eigenvalue weighted by Crippen LogP contribution is -2.26. The van der Waals surface area contributed by atoms with Crippen LogP contribution in [0.25, 0.3) is 10.9 Å². The third kappa shape index (κ3) is 2.94. The van der Waals surface area contributed by atoms with Gasteiger partial charge in [-0.1, -0.05) is 6.07 Å². The normalized spacial score (nSPS) is 15.9. The molecule has 0 spiro atoms. The van der Waals surface area contributed by atoms with Crippen molar-refractivity contribution in [3.8, 4) is 0 Å². The molecule has 3 aromatic rings. The van der Waals surface area contributed by atoms with Crippen LogP contribution in [0.1, 0.15) is 24.3 Å². The van der Waals surface area contributed by atoms with Crippen molar-refractivity contribution >= 4 is 22.3 Å². The summed E-state index contributed by atoms with van der Waals surface area (Å²) in [5.74, 6) is 0.419. The second kappa shape index (κ2) is 6.05. The summed E-state index contributed by atoms with van der Waals surface area (Å²) in [4.78, 5) is 3.40. The van der Waals surface area contributed by atoms with Gasteiger partial charge in [0.25, 0.3) is 0 Å². The van der Waals surface area contributed by atoms with Crippen molar-refractivity contribution in [2.24, 2.45) is 0 Å². The molecule has 1 aliphatic rings. The lowest BCUT2D eigenvalue weighted by Gasteiger charge is -2.22. The second-order valence-electron chi connectivity index (χ2n) is 6.16. The number of aromatic amines is 1. The SMILES string of the molecule is Fc1ccc(Nc2ccc3c(C4CCNCC4)c[nH]c3c2)cc1. The Morgan fingerprint density at radius 3 is 2.48 bits per heavy atom. The first kappa shape index (κ1) is 14.3. The smallest absolute Gasteiger partial charge is 0.123 e. The maximum Gasteiger partial charge on any atom is 0.123 e. The van der Waals surface area contributed by atoms with Gasteiger partial charge in [0.2, 0.25) is 0 Å². The summed E-state index contributed by atoms with van der Waals surface area (Å²) in [6.45, 7) is 2.20. The standard InChI is InChI=1S/C19H20FN3/c20-14-1-3-15(4-2-14)23-16-5-6-17-18(12-22-19(17)11-16)13-7-9-21-10-8-13/h1-6,11-13,21-23H,7-10H2. The number of benzene rings is 2. The summed E-state index contributed by atoms with van der Waals surface area (Å²) >= 11 is 0. The number of hydrogen-bond acceptors (Lipinski definition) is 2. The molecule has 0 bridgehead atoms. The van der Waals surface area contributed by atoms with E-state index in [0.29, 0.717) is 5.92 Å². The molecular formula is C19H20FN3. The van der Waals surface area contributed by atoms with E-state index in [1.807, 2.05) is 0 Å². The number of nitrogens with one attached hydrogen (secondary N) is 3. The predicted molar refractivity (Wildman–Crippen MR) is 92.8 cm³/mol. The summed E-state index contributed by atoms with van der Waals surface area (Å²) in [5, 5.41) is 8.04. The average molecular weight is 309 g/mol. The van der Waals surface area contributed by atoms with Gasteiger partial charge in [0.1, 0.15) is 5.82 Å². The van der Waals surface area contributed by atoms with E-state index in [2.05, 4.69) is 40.0 Å². The number of rotatable bonds is 3. The van der Waals surface area contributed by atoms with Gasteiger partial charge >= 0.3 is 0 Å². The van der Waals surface area contributed by atoms with Gasteiger partial charge in [-0.25, -0.2) is 4.39 Å². The molecule has 23 heavy (non-hydrogen) atoms. The van der Waals surface area contributed by atoms with Crippen molar-refractivity contribution in [2.75, 3.05) is 18.4 Å². The molecule has 0 radical (unpaired) electrons. The van der Waals surface area contributed by atoms with Crippen molar-refractivity contribution < 1.29 is 4.39 Å². The molecule has 0 aliphatic carbocycles. The summed E-state index contributed by atoms with van der Waals surface area (Å²) in [6.07, 6.45) is 4.55. The predicted octanol–water partition coefficient (Wildman–Crippen LogP) is 4.52. The Bertz CT molecular complexity index is 801. The van der Waals surface area contributed by atoms with E-state index in [4.69, 9.17) is 0 Å². The molecule has 0 amide bonds. The fraction of sp³-hybridized carbons (Fsp3) is 0.263. The van der Waals surface area contributed by atoms with Gasteiger partial charge in [0.05, 0.1) is 0 Å². The first-order valence-corrected chi connectivity index (χ1v) is 8.14. The van der Waals surface area contributed by atoms with Crippen molar-refractivity contribution in [3.05, 3.63) is 60.0 Å². The monoisotopic (exact) mass is 309 g/mol. The zero-order valence-electron chi connectivity index (χ0n) is 12.9. The van der Waals surface area contributed by atoms with E-state index in [0.717, 1.165) is 30.0 Å². The molecule has 1 aromatic heterocycles. The summed E-state index contributed by atoms with van der Waals surface area (Å²) in [5.41, 5.74) is 4.46. The first-order valence-electron chi connectivity index (χ1n) is 8.14. The molecule has 2 heterocycles. The Balaban J connectivity index is 1.60. The van der Waals surface area contributed by atoms with Crippen LogP contribution in [-0.2, 0) is 0 Å². The van der Waals surface area contributed by atoms with Crippen molar-refractivity contribution in [3.63, 3.8) is 0 Å². The van der Waals surface area contributed by atoms with Crippen LogP contribution in [-0.4, -0.2) is 18.1 Å². The molecule has 1 fully saturated rings. The van der Waals surface area contributed by atoms with Crippen LogP contribution < -0.4 is 10.6 Å². The average Bonchev–Trinajstić information content (AvgIpc) is 3.01. The number of aromatic nitrogens is 1. The van der Waals surface area contributed by atoms with Crippen LogP contribution in [0.4, 0.5) is 15.8 Å². The van der Waals surface area contributed by atoms with E-state index < -0.39 is 0 Å². The maximum atomic E-state index is 13.0. The van der Waals surface area contributed by atoms with E-state index in [1.165, 1.54) is 35.9 Å². The minimum atomic E-state index is -0.220. The molecule has 0 unspecified atom stereocenters. The maximum absolute atomic E-state index is 13.0. The van der Waals surface area contributed by atoms with Gasteiger partial charge in [0, 0.05) is 28.5 Å². The molecule has 1 aliphatic heterocycles. The van der Waals surface area contributed by atoms with Crippen LogP contribution in [0, 0.1) is 5.82 Å². The minimum Gasteiger partial charge on any atom is -0.361 e. The lowest BCUT2D eigenvalue weighted by molar-refractivity contribution is 0.462. The number of hydrogen-bond donors (Lipinski definition) is 3. The molecular weight excluding hydrogens is 289 g/mol. The zero-order valence-corrected chi connectivity index (χ0v) is 12.9. The van der Waals surface area contributed by atoms with Gasteiger partial charge in [-0.15, -0.1) is 0 Å². The van der Waals surface area contributed by atoms with Crippen LogP contribution in [0.3, 0.4) is 0 Å². The van der Waals surface area contributed by atoms with Crippen LogP contribution in [0.15, 0.2) is 48.7 Å². The zero-order chi connectivity index (χ0) is 15.6. The van der Waals surface area contributed by atoms with Crippen LogP contribution in [0.2, 0.25) is 0 Å². The third-order valence-electron chi connectivity index (χ3n) is 4.63. The van der Waals surface area contributed by atoms with E-state index in [1.54, 1.807) is 12.1 Å². The molecule has 0 atom stereocenters. The molecule has 4 rings (SSSR count). The Morgan fingerprint density at radius 2 is 1.70 bits per heavy atom. The summed E-state index contributed by atoms with van der Waals surface area (Å²) < 4.78 is 13.0. The molecule has 3 nitrogen and oxygen atoms in total. The Kier molecular flexibility index (Phi) is 3.75. The van der Waals surface area contributed by atoms with Crippen molar-refractivity contribution in [1.82, 2.24) is 10.3 Å². The van der Waals surface area contributed by atoms with E-state index in [-0.39, 0.29) is 5.82 Å². The molecule has 3 N–H and O–H groups in total. The largest absolute Gasteiger partial charge is 0.361 e. The van der Waals surface area contributed by atoms with Crippen LogP contribution in [0.5, 0.6) is 0 Å². The van der Waals surface area contributed by atoms with E-state index in [9.17, 15) is 4.39 Å². The van der Waals surface area contributed by atoms with Gasteiger partial charge in [-0.05, 0) is 73.8 Å². The van der Waals surface area contributed by atoms with Gasteiger partial charge in [-0.3, -0.25) is 0 Å². The number of H-pyrrole nitrogens is 1. The first-order chi connectivity index (χ1) is 11.3. The summed E-state index contributed by atoms with van der Waals surface area (Å²) in [7, 11) is 0. The highest BCUT2D eigenvalue weighted by atomic mass is 19.1. The fourth-order valence-corrected chi connectivity index (χ4v) is 3.40. The number of fused-ring (bicyclic) bond motifs is 1. The van der Waals surface area contributed by atoms with Gasteiger partial charge in [-0.2, -0.15) is 0 Å². The molecule has 0 saturated carbocycles. The molecule has 2 aromatic carbocycles. The number of anilines is 2. The topological polar surface area (TPSA) is 39.8 Å². The number of halogens is 1. The van der Waals surface area contributed by atoms with Gasteiger partial charge in [0.15, 0.2) is 0 Å². The lowest BCUT2D eigenvalue weighted by atomic mass is 9.90. The third-order valence-corrected chi connectivity index (χ3v) is 4.63. The molecule has 118 valence electrons. The Hall–Kier alpha value is -2.33. The summed E-state index contributed by atoms with van der Waals surface area (Å²) in [6, 6.07) is 12.8. The highest BCUT2D eigenvalue weighted by Crippen LogP contribution is 2.33. The molecule has 4 heteroatoms. The quantitative estimate of drug-likeness (QED) is 0.666. The van der Waals surface area contributed by atoms with Crippen molar-refractivity contribution in [2.45, 2.75) is 18.8 Å². The fourth-order valence-electron chi connectivity index (χ4n) is 3.40. The highest BCUT2D eigenvalue weighted by molar-refractivity contribution is 5.87. The van der Waals surface area contributed by atoms with E-state index >= 15 is 0 Å². The van der Waals surface area contributed by atoms with Gasteiger partial charge < -0.3 is 15.6 Å². The second-order valence-corrected chi connectivity index (χ2v) is 6.16.